The zero-order valence-corrected chi connectivity index (χ0v) is 19.8. The summed E-state index contributed by atoms with van der Waals surface area (Å²) in [6, 6.07) is 13.7. The maximum atomic E-state index is 13.1. The zero-order chi connectivity index (χ0) is 24.9. The molecule has 2 aromatic rings. The Kier molecular flexibility index (Phi) is 7.50. The fourth-order valence-corrected chi connectivity index (χ4v) is 3.61. The highest BCUT2D eigenvalue weighted by atomic mass is 16.5. The molecule has 0 saturated carbocycles. The van der Waals surface area contributed by atoms with E-state index in [0.29, 0.717) is 23.8 Å². The minimum Gasteiger partial charge on any atom is -0.463 e. The van der Waals surface area contributed by atoms with Gasteiger partial charge in [-0.25, -0.2) is 9.59 Å². The highest BCUT2D eigenvalue weighted by Gasteiger charge is 2.49. The van der Waals surface area contributed by atoms with Crippen molar-refractivity contribution in [3.8, 4) is 0 Å². The summed E-state index contributed by atoms with van der Waals surface area (Å²) in [6.07, 6.45) is 2.92. The van der Waals surface area contributed by atoms with E-state index in [1.807, 2.05) is 24.3 Å². The Morgan fingerprint density at radius 3 is 2.32 bits per heavy atom. The number of imide groups is 1. The van der Waals surface area contributed by atoms with Gasteiger partial charge in [0.15, 0.2) is 0 Å². The summed E-state index contributed by atoms with van der Waals surface area (Å²) in [5.41, 5.74) is 1.80. The van der Waals surface area contributed by atoms with Gasteiger partial charge in [0.2, 0.25) is 5.91 Å². The van der Waals surface area contributed by atoms with Gasteiger partial charge in [-0.3, -0.25) is 14.5 Å². The van der Waals surface area contributed by atoms with Crippen molar-refractivity contribution in [1.82, 2.24) is 10.2 Å². The van der Waals surface area contributed by atoms with Crippen molar-refractivity contribution in [2.75, 3.05) is 18.5 Å². The SMILES string of the molecule is CCOC(=O)/C=C/c1ccc(NC(=O)CN2C(=O)NC(C)(c3ccc(C(C)C)cc3)C2=O)cc1. The van der Waals surface area contributed by atoms with Crippen LogP contribution < -0.4 is 10.6 Å². The van der Waals surface area contributed by atoms with E-state index < -0.39 is 35.9 Å². The Morgan fingerprint density at radius 1 is 1.09 bits per heavy atom. The number of anilines is 1. The molecule has 4 amide bonds. The number of carbonyl (C=O) groups is 4. The molecule has 0 radical (unpaired) electrons. The number of nitrogens with zero attached hydrogens (tertiary/aromatic N) is 1. The molecule has 1 aliphatic heterocycles. The smallest absolute Gasteiger partial charge is 0.330 e. The Balaban J connectivity index is 1.63. The molecule has 2 aromatic carbocycles. The fraction of sp³-hybridized carbons (Fsp3) is 0.308. The van der Waals surface area contributed by atoms with Crippen LogP contribution in [0.4, 0.5) is 10.5 Å². The Labute approximate surface area is 199 Å². The quantitative estimate of drug-likeness (QED) is 0.352. The standard InChI is InChI=1S/C26H29N3O5/c1-5-34-23(31)15-8-18-6-13-21(14-7-18)27-22(30)16-29-24(32)26(4,28-25(29)33)20-11-9-19(10-12-20)17(2)3/h6-15,17H,5,16H2,1-4H3,(H,27,30)(H,28,33)/b15-8+. The molecule has 34 heavy (non-hydrogen) atoms. The lowest BCUT2D eigenvalue weighted by molar-refractivity contribution is -0.137. The number of amides is 4. The van der Waals surface area contributed by atoms with Gasteiger partial charge in [0.05, 0.1) is 6.61 Å². The van der Waals surface area contributed by atoms with E-state index in [-0.39, 0.29) is 0 Å². The number of nitrogens with one attached hydrogen (secondary N) is 2. The number of hydrogen-bond acceptors (Lipinski definition) is 5. The molecule has 8 heteroatoms. The highest BCUT2D eigenvalue weighted by Crippen LogP contribution is 2.30. The summed E-state index contributed by atoms with van der Waals surface area (Å²) in [5, 5.41) is 5.40. The third-order valence-corrected chi connectivity index (χ3v) is 5.62. The largest absolute Gasteiger partial charge is 0.463 e. The Bertz CT molecular complexity index is 1110. The van der Waals surface area contributed by atoms with E-state index in [1.54, 1.807) is 44.2 Å². The van der Waals surface area contributed by atoms with Gasteiger partial charge in [0.25, 0.3) is 5.91 Å². The summed E-state index contributed by atoms with van der Waals surface area (Å²) in [4.78, 5) is 50.5. The third-order valence-electron chi connectivity index (χ3n) is 5.62. The number of esters is 1. The number of benzene rings is 2. The molecule has 178 valence electrons. The van der Waals surface area contributed by atoms with Crippen LogP contribution in [0.5, 0.6) is 0 Å². The van der Waals surface area contributed by atoms with E-state index in [9.17, 15) is 19.2 Å². The first-order valence-corrected chi connectivity index (χ1v) is 11.1. The maximum Gasteiger partial charge on any atom is 0.330 e. The molecule has 1 saturated heterocycles. The monoisotopic (exact) mass is 463 g/mol. The van der Waals surface area contributed by atoms with Crippen LogP contribution in [-0.2, 0) is 24.7 Å². The van der Waals surface area contributed by atoms with Gasteiger partial charge >= 0.3 is 12.0 Å². The second kappa shape index (κ2) is 10.3. The number of urea groups is 1. The van der Waals surface area contributed by atoms with Crippen molar-refractivity contribution >= 4 is 35.6 Å². The van der Waals surface area contributed by atoms with E-state index in [1.165, 1.54) is 6.08 Å². The normalized spacial score (nSPS) is 17.9. The predicted molar refractivity (Wildman–Crippen MR) is 129 cm³/mol. The second-order valence-corrected chi connectivity index (χ2v) is 8.48. The van der Waals surface area contributed by atoms with Crippen molar-refractivity contribution in [3.63, 3.8) is 0 Å². The van der Waals surface area contributed by atoms with E-state index in [2.05, 4.69) is 24.5 Å². The number of carbonyl (C=O) groups excluding carboxylic acids is 4. The summed E-state index contributed by atoms with van der Waals surface area (Å²) in [6.45, 7) is 7.41. The first kappa shape index (κ1) is 24.7. The van der Waals surface area contributed by atoms with Crippen LogP contribution >= 0.6 is 0 Å². The first-order chi connectivity index (χ1) is 16.1. The number of rotatable bonds is 8. The topological polar surface area (TPSA) is 105 Å². The summed E-state index contributed by atoms with van der Waals surface area (Å²) >= 11 is 0. The van der Waals surface area contributed by atoms with E-state index >= 15 is 0 Å². The molecule has 0 spiro atoms. The van der Waals surface area contributed by atoms with Crippen LogP contribution in [-0.4, -0.2) is 41.9 Å². The predicted octanol–water partition coefficient (Wildman–Crippen LogP) is 3.79. The molecule has 8 nitrogen and oxygen atoms in total. The van der Waals surface area contributed by atoms with Gasteiger partial charge < -0.3 is 15.4 Å². The summed E-state index contributed by atoms with van der Waals surface area (Å²) in [7, 11) is 0. The minimum atomic E-state index is -1.24. The average Bonchev–Trinajstić information content (AvgIpc) is 3.02. The van der Waals surface area contributed by atoms with Gasteiger partial charge in [-0.2, -0.15) is 0 Å². The summed E-state index contributed by atoms with van der Waals surface area (Å²) in [5.74, 6) is -1.07. The number of hydrogen-bond donors (Lipinski definition) is 2. The van der Waals surface area contributed by atoms with Crippen molar-refractivity contribution < 1.29 is 23.9 Å². The van der Waals surface area contributed by atoms with Crippen LogP contribution in [0, 0.1) is 0 Å². The van der Waals surface area contributed by atoms with Gasteiger partial charge in [-0.05, 0) is 54.7 Å². The van der Waals surface area contributed by atoms with Gasteiger partial charge in [0.1, 0.15) is 12.1 Å². The third kappa shape index (κ3) is 5.51. The van der Waals surface area contributed by atoms with Gasteiger partial charge in [0, 0.05) is 11.8 Å². The fourth-order valence-electron chi connectivity index (χ4n) is 3.61. The van der Waals surface area contributed by atoms with Crippen LogP contribution in [0.3, 0.4) is 0 Å². The van der Waals surface area contributed by atoms with Gasteiger partial charge in [-0.15, -0.1) is 0 Å². The molecular weight excluding hydrogens is 434 g/mol. The Hall–Kier alpha value is -3.94. The molecule has 3 rings (SSSR count). The lowest BCUT2D eigenvalue weighted by Gasteiger charge is -2.22. The van der Waals surface area contributed by atoms with Gasteiger partial charge in [-0.1, -0.05) is 50.2 Å². The Morgan fingerprint density at radius 2 is 1.74 bits per heavy atom. The second-order valence-electron chi connectivity index (χ2n) is 8.48. The van der Waals surface area contributed by atoms with Crippen LogP contribution in [0.2, 0.25) is 0 Å². The molecule has 1 atom stereocenters. The molecular formula is C26H29N3O5. The number of ether oxygens (including phenoxy) is 1. The lowest BCUT2D eigenvalue weighted by Crippen LogP contribution is -2.42. The van der Waals surface area contributed by atoms with E-state index in [4.69, 9.17) is 4.74 Å². The van der Waals surface area contributed by atoms with Crippen molar-refractivity contribution in [2.45, 2.75) is 39.2 Å². The summed E-state index contributed by atoms with van der Waals surface area (Å²) < 4.78 is 4.83. The highest BCUT2D eigenvalue weighted by molar-refractivity contribution is 6.10. The van der Waals surface area contributed by atoms with Crippen LogP contribution in [0.15, 0.2) is 54.6 Å². The molecule has 1 heterocycles. The van der Waals surface area contributed by atoms with Crippen molar-refractivity contribution in [3.05, 3.63) is 71.3 Å². The lowest BCUT2D eigenvalue weighted by atomic mass is 9.90. The average molecular weight is 464 g/mol. The van der Waals surface area contributed by atoms with Crippen molar-refractivity contribution in [1.29, 1.82) is 0 Å². The molecule has 1 unspecified atom stereocenters. The first-order valence-electron chi connectivity index (χ1n) is 11.1. The molecule has 2 N–H and O–H groups in total. The molecule has 0 bridgehead atoms. The molecule has 1 fully saturated rings. The van der Waals surface area contributed by atoms with Crippen LogP contribution in [0.25, 0.3) is 6.08 Å². The zero-order valence-electron chi connectivity index (χ0n) is 19.8. The molecule has 0 aromatic heterocycles. The molecule has 1 aliphatic rings. The van der Waals surface area contributed by atoms with E-state index in [0.717, 1.165) is 16.0 Å². The molecule has 0 aliphatic carbocycles. The maximum absolute atomic E-state index is 13.1. The van der Waals surface area contributed by atoms with Crippen molar-refractivity contribution in [2.24, 2.45) is 0 Å². The van der Waals surface area contributed by atoms with Crippen LogP contribution in [0.1, 0.15) is 50.3 Å². The minimum absolute atomic E-state index is 0.301.